The highest BCUT2D eigenvalue weighted by atomic mass is 127. The second-order valence-corrected chi connectivity index (χ2v) is 8.66. The van der Waals surface area contributed by atoms with Crippen LogP contribution in [0, 0.1) is 9.39 Å². The molecule has 154 valence electrons. The highest BCUT2D eigenvalue weighted by molar-refractivity contribution is 14.1. The van der Waals surface area contributed by atoms with Crippen LogP contribution < -0.4 is 11.1 Å². The number of amidine groups is 1. The average Bonchev–Trinajstić information content (AvgIpc) is 2.68. The monoisotopic (exact) mass is 510 g/mol. The van der Waals surface area contributed by atoms with Gasteiger partial charge in [-0.3, -0.25) is 9.79 Å². The number of halogens is 2. The lowest BCUT2D eigenvalue weighted by Crippen LogP contribution is -2.38. The molecule has 0 bridgehead atoms. The van der Waals surface area contributed by atoms with E-state index in [1.54, 1.807) is 19.2 Å². The maximum absolute atomic E-state index is 14.6. The second-order valence-electron chi connectivity index (χ2n) is 7.42. The van der Waals surface area contributed by atoms with Crippen LogP contribution in [0.15, 0.2) is 35.5 Å². The van der Waals surface area contributed by atoms with Crippen LogP contribution in [0.2, 0.25) is 0 Å². The number of carbonyl (C=O) groups is 1. The number of hydrogen-bond donors (Lipinski definition) is 2. The Balaban J connectivity index is 1.92. The Hall–Kier alpha value is -2.07. The molecule has 3 rings (SSSR count). The van der Waals surface area contributed by atoms with Gasteiger partial charge in [-0.15, -0.1) is 0 Å². The average molecular weight is 510 g/mol. The van der Waals surface area contributed by atoms with Gasteiger partial charge in [0.25, 0.3) is 5.91 Å². The van der Waals surface area contributed by atoms with E-state index in [4.69, 9.17) is 10.5 Å². The Morgan fingerprint density at radius 1 is 1.45 bits per heavy atom. The molecule has 29 heavy (non-hydrogen) atoms. The lowest BCUT2D eigenvalue weighted by atomic mass is 9.91. The van der Waals surface area contributed by atoms with Gasteiger partial charge in [0.1, 0.15) is 29.5 Å². The normalized spacial score (nSPS) is 20.1. The van der Waals surface area contributed by atoms with Gasteiger partial charge >= 0.3 is 0 Å². The molecule has 1 amide bonds. The van der Waals surface area contributed by atoms with Crippen LogP contribution in [0.4, 0.5) is 10.1 Å². The first kappa shape index (κ1) is 21.6. The molecule has 2 aromatic rings. The van der Waals surface area contributed by atoms with Crippen molar-refractivity contribution in [3.8, 4) is 0 Å². The summed E-state index contributed by atoms with van der Waals surface area (Å²) in [4.78, 5) is 21.7. The summed E-state index contributed by atoms with van der Waals surface area (Å²) in [6, 6.07) is 6.39. The van der Waals surface area contributed by atoms with Gasteiger partial charge in [-0.1, -0.05) is 13.8 Å². The van der Waals surface area contributed by atoms with Crippen LogP contribution in [0.25, 0.3) is 0 Å². The van der Waals surface area contributed by atoms with Gasteiger partial charge in [0.2, 0.25) is 0 Å². The molecule has 0 aliphatic carbocycles. The predicted molar refractivity (Wildman–Crippen MR) is 120 cm³/mol. The fourth-order valence-electron chi connectivity index (χ4n) is 3.32. The SMILES string of the molecule is CCC(C)c1cc(I)cnc1C(=O)Nc1ccc(F)c([C@]2(C)COCC(N)=N2)c1. The summed E-state index contributed by atoms with van der Waals surface area (Å²) in [5.74, 6) is -0.256. The Bertz CT molecular complexity index is 966. The zero-order chi connectivity index (χ0) is 21.2. The minimum absolute atomic E-state index is 0.192. The summed E-state index contributed by atoms with van der Waals surface area (Å²) < 4.78 is 21.0. The van der Waals surface area contributed by atoms with E-state index in [1.165, 1.54) is 12.1 Å². The molecular weight excluding hydrogens is 486 g/mol. The minimum Gasteiger partial charge on any atom is -0.386 e. The molecule has 2 atom stereocenters. The number of nitrogens with one attached hydrogen (secondary N) is 1. The van der Waals surface area contributed by atoms with Gasteiger partial charge in [0, 0.05) is 21.0 Å². The van der Waals surface area contributed by atoms with Crippen molar-refractivity contribution >= 4 is 40.0 Å². The quantitative estimate of drug-likeness (QED) is 0.591. The fourth-order valence-corrected chi connectivity index (χ4v) is 3.79. The van der Waals surface area contributed by atoms with E-state index < -0.39 is 11.4 Å². The van der Waals surface area contributed by atoms with Gasteiger partial charge in [-0.05, 0) is 71.7 Å². The Morgan fingerprint density at radius 2 is 2.21 bits per heavy atom. The van der Waals surface area contributed by atoms with Crippen molar-refractivity contribution in [1.29, 1.82) is 0 Å². The molecule has 8 heteroatoms. The number of hydrogen-bond acceptors (Lipinski definition) is 5. The largest absolute Gasteiger partial charge is 0.386 e. The van der Waals surface area contributed by atoms with E-state index in [0.717, 1.165) is 15.6 Å². The smallest absolute Gasteiger partial charge is 0.274 e. The van der Waals surface area contributed by atoms with E-state index in [2.05, 4.69) is 51.7 Å². The van der Waals surface area contributed by atoms with Crippen molar-refractivity contribution in [3.05, 3.63) is 56.7 Å². The molecule has 1 aromatic heterocycles. The van der Waals surface area contributed by atoms with E-state index in [1.807, 2.05) is 6.07 Å². The van der Waals surface area contributed by atoms with Crippen LogP contribution in [0.1, 0.15) is 54.7 Å². The maximum Gasteiger partial charge on any atom is 0.274 e. The van der Waals surface area contributed by atoms with Gasteiger partial charge in [-0.2, -0.15) is 0 Å². The van der Waals surface area contributed by atoms with Crippen molar-refractivity contribution in [1.82, 2.24) is 4.98 Å². The van der Waals surface area contributed by atoms with Crippen LogP contribution in [0.5, 0.6) is 0 Å². The Labute approximate surface area is 183 Å². The number of benzene rings is 1. The molecule has 6 nitrogen and oxygen atoms in total. The van der Waals surface area contributed by atoms with Crippen LogP contribution in [0.3, 0.4) is 0 Å². The van der Waals surface area contributed by atoms with Gasteiger partial charge in [0.05, 0.1) is 6.61 Å². The molecule has 0 fully saturated rings. The molecule has 2 heterocycles. The van der Waals surface area contributed by atoms with Crippen molar-refractivity contribution < 1.29 is 13.9 Å². The number of ether oxygens (including phenoxy) is 1. The molecule has 3 N–H and O–H groups in total. The third-order valence-electron chi connectivity index (χ3n) is 5.07. The molecular formula is C21H24FIN4O2. The zero-order valence-corrected chi connectivity index (χ0v) is 18.8. The summed E-state index contributed by atoms with van der Waals surface area (Å²) in [5, 5.41) is 2.84. The Morgan fingerprint density at radius 3 is 2.90 bits per heavy atom. The molecule has 0 saturated carbocycles. The third kappa shape index (κ3) is 4.75. The number of aliphatic imine (C=N–C) groups is 1. The third-order valence-corrected chi connectivity index (χ3v) is 5.66. The lowest BCUT2D eigenvalue weighted by molar-refractivity contribution is 0.101. The number of pyridine rings is 1. The highest BCUT2D eigenvalue weighted by Gasteiger charge is 2.33. The number of rotatable bonds is 5. The zero-order valence-electron chi connectivity index (χ0n) is 16.6. The number of anilines is 1. The number of carbonyl (C=O) groups excluding carboxylic acids is 1. The van der Waals surface area contributed by atoms with Crippen molar-refractivity contribution in [2.75, 3.05) is 18.5 Å². The number of nitrogens with zero attached hydrogens (tertiary/aromatic N) is 2. The van der Waals surface area contributed by atoms with E-state index in [0.29, 0.717) is 22.8 Å². The summed E-state index contributed by atoms with van der Waals surface area (Å²) in [7, 11) is 0. The van der Waals surface area contributed by atoms with Crippen molar-refractivity contribution in [3.63, 3.8) is 0 Å². The van der Waals surface area contributed by atoms with Gasteiger partial charge < -0.3 is 15.8 Å². The molecule has 1 aromatic carbocycles. The first-order valence-electron chi connectivity index (χ1n) is 9.42. The summed E-state index contributed by atoms with van der Waals surface area (Å²) >= 11 is 2.18. The van der Waals surface area contributed by atoms with E-state index in [-0.39, 0.29) is 25.0 Å². The van der Waals surface area contributed by atoms with Crippen molar-refractivity contribution in [2.45, 2.75) is 38.6 Å². The van der Waals surface area contributed by atoms with E-state index >= 15 is 0 Å². The number of nitrogens with two attached hydrogens (primary N) is 1. The second kappa shape index (κ2) is 8.74. The van der Waals surface area contributed by atoms with Gasteiger partial charge in [-0.25, -0.2) is 9.37 Å². The predicted octanol–water partition coefficient (Wildman–Crippen LogP) is 4.19. The van der Waals surface area contributed by atoms with Crippen LogP contribution in [-0.2, 0) is 10.3 Å². The summed E-state index contributed by atoms with van der Waals surface area (Å²) in [6.07, 6.45) is 2.55. The molecule has 1 unspecified atom stereocenters. The molecule has 1 aliphatic rings. The topological polar surface area (TPSA) is 89.6 Å². The van der Waals surface area contributed by atoms with Crippen molar-refractivity contribution in [2.24, 2.45) is 10.7 Å². The summed E-state index contributed by atoms with van der Waals surface area (Å²) in [6.45, 7) is 6.32. The maximum atomic E-state index is 14.6. The van der Waals surface area contributed by atoms with Crippen LogP contribution in [-0.4, -0.2) is 29.9 Å². The number of amides is 1. The van der Waals surface area contributed by atoms with Crippen LogP contribution >= 0.6 is 22.6 Å². The van der Waals surface area contributed by atoms with E-state index in [9.17, 15) is 9.18 Å². The number of aromatic nitrogens is 1. The molecule has 0 saturated heterocycles. The summed E-state index contributed by atoms with van der Waals surface area (Å²) in [5.41, 5.74) is 6.88. The molecule has 0 radical (unpaired) electrons. The lowest BCUT2D eigenvalue weighted by Gasteiger charge is -2.30. The Kier molecular flexibility index (Phi) is 6.52. The molecule has 0 spiro atoms. The minimum atomic E-state index is -0.948. The standard InChI is InChI=1S/C21H24FIN4O2/c1-4-12(2)15-7-13(23)9-25-19(15)20(28)26-14-5-6-17(22)16(8-14)21(3)11-29-10-18(24)27-21/h5-9,12H,4,10-11H2,1-3H3,(H2,24,27)(H,26,28)/t12?,21-/m0/s1. The highest BCUT2D eigenvalue weighted by Crippen LogP contribution is 2.32. The molecule has 1 aliphatic heterocycles. The first-order chi connectivity index (χ1) is 13.7. The van der Waals surface area contributed by atoms with Gasteiger partial charge in [0.15, 0.2) is 0 Å². The first-order valence-corrected chi connectivity index (χ1v) is 10.5. The fraction of sp³-hybridized carbons (Fsp3) is 0.381.